The topological polar surface area (TPSA) is 146 Å². The largest absolute Gasteiger partial charge is 0.463 e. The third-order valence-electron chi connectivity index (χ3n) is 10.6. The molecule has 3 aromatic carbocycles. The second kappa shape index (κ2) is 18.1. The monoisotopic (exact) mass is 916 g/mol. The molecule has 4 atom stereocenters. The zero-order valence-corrected chi connectivity index (χ0v) is 35.0. The minimum absolute atomic E-state index is 0.0160. The van der Waals surface area contributed by atoms with Crippen molar-refractivity contribution in [2.24, 2.45) is 22.2 Å². The summed E-state index contributed by atoms with van der Waals surface area (Å²) < 4.78 is 108. The molecule has 7 rings (SSSR count). The summed E-state index contributed by atoms with van der Waals surface area (Å²) >= 11 is 6.52. The molecule has 1 fully saturated rings. The number of esters is 1. The number of ether oxygens (including phenoxy) is 2. The minimum atomic E-state index is -4.51. The molecule has 1 saturated carbocycles. The van der Waals surface area contributed by atoms with Gasteiger partial charge in [-0.2, -0.15) is 32.1 Å². The quantitative estimate of drug-likeness (QED) is 0.0857. The third-order valence-corrected chi connectivity index (χ3v) is 11.0. The van der Waals surface area contributed by atoms with E-state index >= 15 is 4.79 Å². The van der Waals surface area contributed by atoms with Crippen LogP contribution in [-0.2, 0) is 31.2 Å². The summed E-state index contributed by atoms with van der Waals surface area (Å²) in [5, 5.41) is 10.1. The summed E-state index contributed by atoms with van der Waals surface area (Å²) in [6, 6.07) is 17.5. The van der Waals surface area contributed by atoms with E-state index in [4.69, 9.17) is 26.1 Å². The molecule has 2 aliphatic rings. The van der Waals surface area contributed by atoms with Crippen molar-refractivity contribution >= 4 is 35.5 Å². The molecule has 0 bridgehead atoms. The minimum Gasteiger partial charge on any atom is -0.463 e. The van der Waals surface area contributed by atoms with Crippen LogP contribution in [0.15, 0.2) is 96.5 Å². The van der Waals surface area contributed by atoms with Crippen molar-refractivity contribution in [3.63, 3.8) is 0 Å². The van der Waals surface area contributed by atoms with Gasteiger partial charge in [0.25, 0.3) is 12.3 Å². The van der Waals surface area contributed by atoms with Crippen molar-refractivity contribution < 1.29 is 54.6 Å². The van der Waals surface area contributed by atoms with E-state index < -0.39 is 84.8 Å². The molecule has 338 valence electrons. The highest BCUT2D eigenvalue weighted by atomic mass is 35.5. The summed E-state index contributed by atoms with van der Waals surface area (Å²) in [6.45, 7) is 1.70. The number of guanidine groups is 1. The van der Waals surface area contributed by atoms with Gasteiger partial charge in [0.2, 0.25) is 5.96 Å². The third kappa shape index (κ3) is 10.1. The van der Waals surface area contributed by atoms with Gasteiger partial charge in [-0.25, -0.2) is 32.9 Å². The summed E-state index contributed by atoms with van der Waals surface area (Å²) in [5.41, 5.74) is -0.848. The Bertz CT molecular complexity index is 2530. The summed E-state index contributed by atoms with van der Waals surface area (Å²) in [5.74, 6) is -5.66. The molecule has 2 aromatic heterocycles. The predicted molar refractivity (Wildman–Crippen MR) is 216 cm³/mol. The molecule has 0 spiro atoms. The normalized spacial score (nSPS) is 19.2. The lowest BCUT2D eigenvalue weighted by atomic mass is 9.75. The first-order valence-electron chi connectivity index (χ1n) is 19.8. The number of alkyl halides is 7. The molecule has 13 nitrogen and oxygen atoms in total. The standard InChI is InChI=1S/C43H40ClF7N8O5/c1-41(2,3)22-42(29-12-9-25(10-13-29)28-18-53-57(19-28)38(47)48)37(61)58(39(56-42)55-40(62)64-20-24-7-5-4-6-8-24)33(21-63-34(60)17-27-15-30(27)43(49,50)51)26-11-14-31(44)32(16-26)59-36(35(45)46)52-23-54-59/h4-14,16,18-19,23,27,30,33,35,38H,15,17,20-22H2,1-3H3,(H,55,56,62)/t27-,30+,33-,42-/m1/s1. The summed E-state index contributed by atoms with van der Waals surface area (Å²) in [6.07, 6.45) is -6.26. The van der Waals surface area contributed by atoms with E-state index in [0.29, 0.717) is 26.9 Å². The smallest absolute Gasteiger partial charge is 0.414 e. The number of carbonyl (C=O) groups excluding carboxylic acids is 3. The van der Waals surface area contributed by atoms with Gasteiger partial charge >= 0.3 is 24.8 Å². The van der Waals surface area contributed by atoms with Crippen molar-refractivity contribution in [2.75, 3.05) is 6.61 Å². The molecule has 0 saturated heterocycles. The average molecular weight is 917 g/mol. The number of hydrogen-bond acceptors (Lipinski definition) is 9. The van der Waals surface area contributed by atoms with Gasteiger partial charge in [-0.15, -0.1) is 0 Å². The number of nitrogens with one attached hydrogen (secondary N) is 1. The number of rotatable bonds is 14. The first kappa shape index (κ1) is 45.7. The average Bonchev–Trinajstić information content (AvgIpc) is 3.52. The van der Waals surface area contributed by atoms with Crippen LogP contribution in [-0.4, -0.2) is 66.2 Å². The number of benzene rings is 3. The van der Waals surface area contributed by atoms with Crippen molar-refractivity contribution in [3.05, 3.63) is 119 Å². The molecular weight excluding hydrogens is 877 g/mol. The van der Waals surface area contributed by atoms with Crippen LogP contribution in [0.2, 0.25) is 5.02 Å². The number of hydrogen-bond donors (Lipinski definition) is 1. The summed E-state index contributed by atoms with van der Waals surface area (Å²) in [7, 11) is 0. The lowest BCUT2D eigenvalue weighted by Gasteiger charge is -2.35. The molecule has 21 heteroatoms. The first-order valence-corrected chi connectivity index (χ1v) is 20.2. The summed E-state index contributed by atoms with van der Waals surface area (Å²) in [4.78, 5) is 52.0. The maximum atomic E-state index is 15.5. The number of alkyl carbamates (subject to hydrolysis) is 1. The highest BCUT2D eigenvalue weighted by Gasteiger charge is 2.57. The van der Waals surface area contributed by atoms with Crippen molar-refractivity contribution in [2.45, 2.75) is 77.4 Å². The van der Waals surface area contributed by atoms with Crippen LogP contribution in [0, 0.1) is 17.3 Å². The molecule has 0 radical (unpaired) electrons. The Morgan fingerprint density at radius 3 is 2.30 bits per heavy atom. The van der Waals surface area contributed by atoms with E-state index in [2.05, 4.69) is 20.5 Å². The van der Waals surface area contributed by atoms with Gasteiger partial charge in [0, 0.05) is 18.2 Å². The molecule has 5 aromatic rings. The van der Waals surface area contributed by atoms with E-state index in [1.807, 2.05) is 20.8 Å². The molecule has 1 aliphatic carbocycles. The Balaban J connectivity index is 1.33. The molecular formula is C43H40ClF7N8O5. The van der Waals surface area contributed by atoms with Crippen LogP contribution in [0.1, 0.15) is 81.6 Å². The van der Waals surface area contributed by atoms with Crippen LogP contribution >= 0.6 is 11.6 Å². The van der Waals surface area contributed by atoms with Crippen molar-refractivity contribution in [1.29, 1.82) is 0 Å². The number of aromatic nitrogens is 5. The van der Waals surface area contributed by atoms with Crippen molar-refractivity contribution in [1.82, 2.24) is 34.8 Å². The Morgan fingerprint density at radius 1 is 0.953 bits per heavy atom. The lowest BCUT2D eigenvalue weighted by Crippen LogP contribution is -2.49. The van der Waals surface area contributed by atoms with Gasteiger partial charge in [0.1, 0.15) is 19.5 Å². The van der Waals surface area contributed by atoms with Crippen LogP contribution in [0.5, 0.6) is 0 Å². The molecule has 1 N–H and O–H groups in total. The van der Waals surface area contributed by atoms with Crippen LogP contribution in [0.25, 0.3) is 16.8 Å². The maximum absolute atomic E-state index is 15.5. The fourth-order valence-corrected chi connectivity index (χ4v) is 7.83. The second-order valence-electron chi connectivity index (χ2n) is 16.5. The van der Waals surface area contributed by atoms with Gasteiger partial charge in [-0.1, -0.05) is 93.0 Å². The molecule has 1 aliphatic heterocycles. The van der Waals surface area contributed by atoms with Crippen molar-refractivity contribution in [3.8, 4) is 16.8 Å². The number of nitrogens with zero attached hydrogens (tertiary/aromatic N) is 7. The maximum Gasteiger partial charge on any atom is 0.414 e. The Morgan fingerprint density at radius 2 is 1.67 bits per heavy atom. The van der Waals surface area contributed by atoms with Gasteiger partial charge in [0.05, 0.1) is 28.9 Å². The van der Waals surface area contributed by atoms with Crippen LogP contribution in [0.3, 0.4) is 0 Å². The Kier molecular flexibility index (Phi) is 12.9. The van der Waals surface area contributed by atoms with Crippen LogP contribution < -0.4 is 5.32 Å². The van der Waals surface area contributed by atoms with Gasteiger partial charge in [0.15, 0.2) is 11.4 Å². The Labute approximate surface area is 366 Å². The zero-order valence-electron chi connectivity index (χ0n) is 34.3. The molecule has 64 heavy (non-hydrogen) atoms. The van der Waals surface area contributed by atoms with E-state index in [9.17, 15) is 40.3 Å². The highest BCUT2D eigenvalue weighted by molar-refractivity contribution is 6.32. The number of halogens is 8. The molecule has 2 amide bonds. The fraction of sp³-hybridized carbons (Fsp3) is 0.372. The lowest BCUT2D eigenvalue weighted by molar-refractivity contribution is -0.155. The van der Waals surface area contributed by atoms with E-state index in [1.165, 1.54) is 24.4 Å². The van der Waals surface area contributed by atoms with Gasteiger partial charge < -0.3 is 9.47 Å². The highest BCUT2D eigenvalue weighted by Crippen LogP contribution is 2.52. The molecule has 0 unspecified atom stereocenters. The second-order valence-corrected chi connectivity index (χ2v) is 17.0. The van der Waals surface area contributed by atoms with Crippen LogP contribution in [0.4, 0.5) is 35.5 Å². The Hall–Kier alpha value is -6.31. The number of aliphatic imine (C=N–C) groups is 1. The SMILES string of the molecule is CC(C)(C)C[C@]1(c2ccc(-c3cnn(C(F)F)c3)cc2)N=C(NC(=O)OCc2ccccc2)N([C@H](COC(=O)C[C@H]2C[C@@H]2C(F)(F)F)c2ccc(Cl)c(-n3ncnc3C(F)F)c2)C1=O. The van der Waals surface area contributed by atoms with E-state index in [-0.39, 0.29) is 41.7 Å². The van der Waals surface area contributed by atoms with Gasteiger partial charge in [-0.3, -0.25) is 19.8 Å². The van der Waals surface area contributed by atoms with Gasteiger partial charge in [-0.05, 0) is 58.6 Å². The first-order chi connectivity index (χ1) is 30.2. The predicted octanol–water partition coefficient (Wildman–Crippen LogP) is 9.75. The molecule has 3 heterocycles. The van der Waals surface area contributed by atoms with E-state index in [1.54, 1.807) is 54.6 Å². The fourth-order valence-electron chi connectivity index (χ4n) is 7.63. The van der Waals surface area contributed by atoms with E-state index in [0.717, 1.165) is 22.1 Å². The zero-order chi connectivity index (χ0) is 46.1. The number of carbonyl (C=O) groups is 3. The number of amides is 2.